The average Bonchev–Trinajstić information content (AvgIpc) is 2.86. The van der Waals surface area contributed by atoms with Gasteiger partial charge in [0, 0.05) is 43.2 Å². The van der Waals surface area contributed by atoms with Gasteiger partial charge in [0.05, 0.1) is 12.7 Å². The van der Waals surface area contributed by atoms with E-state index in [1.165, 1.54) is 11.0 Å². The molecular weight excluding hydrogens is 373 g/mol. The largest absolute Gasteiger partial charge is 0.370 e. The topological polar surface area (TPSA) is 62.7 Å². The molecule has 1 atom stereocenters. The highest BCUT2D eigenvalue weighted by Gasteiger charge is 2.31. The van der Waals surface area contributed by atoms with Crippen LogP contribution in [0.5, 0.6) is 0 Å². The number of carbonyl (C=O) groups is 2. The van der Waals surface area contributed by atoms with Crippen LogP contribution >= 0.6 is 0 Å². The first-order chi connectivity index (χ1) is 13.9. The average molecular weight is 399 g/mol. The molecule has 0 N–H and O–H groups in total. The van der Waals surface area contributed by atoms with Crippen LogP contribution in [-0.2, 0) is 16.1 Å². The number of hydrogen-bond donors (Lipinski definition) is 0. The molecule has 0 unspecified atom stereocenters. The van der Waals surface area contributed by atoms with E-state index in [1.807, 2.05) is 13.8 Å². The second kappa shape index (κ2) is 9.60. The van der Waals surface area contributed by atoms with Crippen molar-refractivity contribution >= 4 is 11.8 Å². The number of nitrogens with zero attached hydrogens (tertiary/aromatic N) is 3. The molecule has 2 aromatic rings. The Hall–Kier alpha value is -2.80. The lowest BCUT2D eigenvalue weighted by molar-refractivity contribution is -0.132. The summed E-state index contributed by atoms with van der Waals surface area (Å²) in [5.74, 6) is -0.403. The smallest absolute Gasteiger partial charge is 0.254 e. The van der Waals surface area contributed by atoms with Gasteiger partial charge in [-0.2, -0.15) is 0 Å². The summed E-state index contributed by atoms with van der Waals surface area (Å²) in [7, 11) is 0. The van der Waals surface area contributed by atoms with Gasteiger partial charge in [-0.1, -0.05) is 32.0 Å². The van der Waals surface area contributed by atoms with Gasteiger partial charge in [-0.3, -0.25) is 14.6 Å². The van der Waals surface area contributed by atoms with E-state index >= 15 is 0 Å². The zero-order chi connectivity index (χ0) is 20.8. The van der Waals surface area contributed by atoms with Gasteiger partial charge < -0.3 is 14.5 Å². The summed E-state index contributed by atoms with van der Waals surface area (Å²) in [6, 6.07) is 9.69. The molecule has 0 spiro atoms. The summed E-state index contributed by atoms with van der Waals surface area (Å²) >= 11 is 0. The molecule has 1 aliphatic rings. The Balaban J connectivity index is 1.77. The summed E-state index contributed by atoms with van der Waals surface area (Å²) in [4.78, 5) is 32.9. The SMILES string of the molecule is CC(C)CN1C[C@H](OCc2ccccc2F)CN(C(=O)c2ccncc2)CC1=O. The third kappa shape index (κ3) is 5.60. The van der Waals surface area contributed by atoms with E-state index in [0.29, 0.717) is 24.2 Å². The lowest BCUT2D eigenvalue weighted by Crippen LogP contribution is -2.40. The number of halogens is 1. The van der Waals surface area contributed by atoms with Gasteiger partial charge in [0.15, 0.2) is 0 Å². The molecular formula is C22H26FN3O3. The van der Waals surface area contributed by atoms with Crippen LogP contribution < -0.4 is 0 Å². The maximum Gasteiger partial charge on any atom is 0.254 e. The standard InChI is InChI=1S/C22H26FN3O3/c1-16(2)11-25-12-19(29-15-18-5-3-4-6-20(18)23)13-26(14-21(25)27)22(28)17-7-9-24-10-8-17/h3-10,16,19H,11-15H2,1-2H3/t19-/m0/s1. The van der Waals surface area contributed by atoms with Crippen molar-refractivity contribution in [3.63, 3.8) is 0 Å². The minimum Gasteiger partial charge on any atom is -0.370 e. The minimum atomic E-state index is -0.411. The molecule has 7 heteroatoms. The molecule has 1 aromatic carbocycles. The molecule has 6 nitrogen and oxygen atoms in total. The molecule has 3 rings (SSSR count). The van der Waals surface area contributed by atoms with E-state index in [9.17, 15) is 14.0 Å². The Kier molecular flexibility index (Phi) is 6.93. The molecule has 1 aromatic heterocycles. The fourth-order valence-corrected chi connectivity index (χ4v) is 3.36. The van der Waals surface area contributed by atoms with Crippen molar-refractivity contribution < 1.29 is 18.7 Å². The predicted octanol–water partition coefficient (Wildman–Crippen LogP) is 2.75. The van der Waals surface area contributed by atoms with Gasteiger partial charge in [-0.05, 0) is 24.1 Å². The minimum absolute atomic E-state index is 0.00651. The molecule has 0 saturated carbocycles. The van der Waals surface area contributed by atoms with E-state index in [2.05, 4.69) is 4.98 Å². The maximum absolute atomic E-state index is 13.9. The van der Waals surface area contributed by atoms with E-state index in [-0.39, 0.29) is 43.2 Å². The van der Waals surface area contributed by atoms with Crippen LogP contribution in [0.25, 0.3) is 0 Å². The zero-order valence-electron chi connectivity index (χ0n) is 16.8. The summed E-state index contributed by atoms with van der Waals surface area (Å²) in [6.45, 7) is 5.35. The summed E-state index contributed by atoms with van der Waals surface area (Å²) in [6.07, 6.45) is 2.68. The van der Waals surface area contributed by atoms with Gasteiger partial charge in [0.1, 0.15) is 12.4 Å². The van der Waals surface area contributed by atoms with Crippen molar-refractivity contribution in [3.8, 4) is 0 Å². The van der Waals surface area contributed by atoms with Gasteiger partial charge >= 0.3 is 0 Å². The monoisotopic (exact) mass is 399 g/mol. The number of ether oxygens (including phenoxy) is 1. The fraction of sp³-hybridized carbons (Fsp3) is 0.409. The molecule has 154 valence electrons. The van der Waals surface area contributed by atoms with Crippen LogP contribution in [0, 0.1) is 11.7 Å². The van der Waals surface area contributed by atoms with E-state index in [4.69, 9.17) is 4.74 Å². The maximum atomic E-state index is 13.9. The van der Waals surface area contributed by atoms with E-state index in [1.54, 1.807) is 47.6 Å². The van der Waals surface area contributed by atoms with Crippen LogP contribution in [0.15, 0.2) is 48.8 Å². The summed E-state index contributed by atoms with van der Waals surface area (Å²) in [5.41, 5.74) is 0.920. The molecule has 1 fully saturated rings. The third-order valence-corrected chi connectivity index (χ3v) is 4.76. The molecule has 1 aliphatic heterocycles. The van der Waals surface area contributed by atoms with Crippen LogP contribution in [0.4, 0.5) is 4.39 Å². The molecule has 0 bridgehead atoms. The normalized spacial score (nSPS) is 17.5. The first-order valence-corrected chi connectivity index (χ1v) is 9.76. The van der Waals surface area contributed by atoms with Crippen molar-refractivity contribution in [1.29, 1.82) is 0 Å². The molecule has 0 aliphatic carbocycles. The van der Waals surface area contributed by atoms with Crippen molar-refractivity contribution in [2.24, 2.45) is 5.92 Å². The molecule has 29 heavy (non-hydrogen) atoms. The molecule has 2 heterocycles. The van der Waals surface area contributed by atoms with Crippen LogP contribution in [0.2, 0.25) is 0 Å². The van der Waals surface area contributed by atoms with Crippen molar-refractivity contribution in [1.82, 2.24) is 14.8 Å². The first kappa shape index (κ1) is 20.9. The lowest BCUT2D eigenvalue weighted by atomic mass is 10.2. The van der Waals surface area contributed by atoms with Gasteiger partial charge in [0.25, 0.3) is 5.91 Å². The highest BCUT2D eigenvalue weighted by molar-refractivity contribution is 5.96. The quantitative estimate of drug-likeness (QED) is 0.749. The number of pyridine rings is 1. The molecule has 1 saturated heterocycles. The third-order valence-electron chi connectivity index (χ3n) is 4.76. The van der Waals surface area contributed by atoms with Gasteiger partial charge in [0.2, 0.25) is 5.91 Å². The Morgan fingerprint density at radius 3 is 2.62 bits per heavy atom. The van der Waals surface area contributed by atoms with Crippen molar-refractivity contribution in [3.05, 3.63) is 65.7 Å². The van der Waals surface area contributed by atoms with Gasteiger partial charge in [-0.15, -0.1) is 0 Å². The number of carbonyl (C=O) groups excluding carboxylic acids is 2. The second-order valence-electron chi connectivity index (χ2n) is 7.64. The Morgan fingerprint density at radius 1 is 1.21 bits per heavy atom. The Labute approximate surface area is 170 Å². The lowest BCUT2D eigenvalue weighted by Gasteiger charge is -2.26. The Bertz CT molecular complexity index is 844. The summed E-state index contributed by atoms with van der Waals surface area (Å²) < 4.78 is 19.9. The van der Waals surface area contributed by atoms with Crippen LogP contribution in [0.1, 0.15) is 29.8 Å². The number of benzene rings is 1. The second-order valence-corrected chi connectivity index (χ2v) is 7.64. The van der Waals surface area contributed by atoms with Crippen molar-refractivity contribution in [2.45, 2.75) is 26.6 Å². The molecule has 2 amide bonds. The first-order valence-electron chi connectivity index (χ1n) is 9.76. The number of aromatic nitrogens is 1. The van der Waals surface area contributed by atoms with Crippen LogP contribution in [-0.4, -0.2) is 58.9 Å². The highest BCUT2D eigenvalue weighted by Crippen LogP contribution is 2.16. The Morgan fingerprint density at radius 2 is 1.93 bits per heavy atom. The zero-order valence-corrected chi connectivity index (χ0v) is 16.8. The number of amides is 2. The number of rotatable bonds is 6. The molecule has 0 radical (unpaired) electrons. The highest BCUT2D eigenvalue weighted by atomic mass is 19.1. The van der Waals surface area contributed by atoms with E-state index < -0.39 is 6.10 Å². The number of hydrogen-bond acceptors (Lipinski definition) is 4. The van der Waals surface area contributed by atoms with Gasteiger partial charge in [-0.25, -0.2) is 4.39 Å². The van der Waals surface area contributed by atoms with E-state index in [0.717, 1.165) is 0 Å². The van der Waals surface area contributed by atoms with Crippen molar-refractivity contribution in [2.75, 3.05) is 26.2 Å². The predicted molar refractivity (Wildman–Crippen MR) is 107 cm³/mol. The summed E-state index contributed by atoms with van der Waals surface area (Å²) in [5, 5.41) is 0. The van der Waals surface area contributed by atoms with Crippen LogP contribution in [0.3, 0.4) is 0 Å². The fourth-order valence-electron chi connectivity index (χ4n) is 3.36.